The number of aryl methyl sites for hydroxylation is 2. The maximum absolute atomic E-state index is 11.5. The zero-order chi connectivity index (χ0) is 13.8. The van der Waals surface area contributed by atoms with Crippen LogP contribution in [0.2, 0.25) is 0 Å². The third-order valence-corrected chi connectivity index (χ3v) is 3.93. The number of nitrogens with zero attached hydrogens (tertiary/aromatic N) is 1. The molecule has 0 unspecified atom stereocenters. The van der Waals surface area contributed by atoms with Gasteiger partial charge in [0.05, 0.1) is 17.7 Å². The number of aromatic nitrogens is 1. The van der Waals surface area contributed by atoms with Gasteiger partial charge in [-0.25, -0.2) is 4.98 Å². The maximum atomic E-state index is 11.5. The molecule has 5 heteroatoms. The monoisotopic (exact) mass is 275 g/mol. The Balaban J connectivity index is 2.09. The summed E-state index contributed by atoms with van der Waals surface area (Å²) in [7, 11) is 1.64. The van der Waals surface area contributed by atoms with E-state index >= 15 is 0 Å². The van der Waals surface area contributed by atoms with Crippen molar-refractivity contribution in [1.82, 2.24) is 10.3 Å². The van der Waals surface area contributed by atoms with Crippen molar-refractivity contribution < 1.29 is 4.79 Å². The minimum atomic E-state index is -0.0621. The zero-order valence-corrected chi connectivity index (χ0v) is 12.1. The van der Waals surface area contributed by atoms with Crippen LogP contribution in [0.25, 0.3) is 0 Å². The summed E-state index contributed by atoms with van der Waals surface area (Å²) in [6.45, 7) is 4.76. The minimum Gasteiger partial charge on any atom is -0.380 e. The minimum absolute atomic E-state index is 0.0621. The van der Waals surface area contributed by atoms with Gasteiger partial charge in [0.1, 0.15) is 0 Å². The third kappa shape index (κ3) is 3.12. The van der Waals surface area contributed by atoms with Gasteiger partial charge in [-0.15, -0.1) is 11.3 Å². The van der Waals surface area contributed by atoms with Crippen LogP contribution in [-0.2, 0) is 6.54 Å². The van der Waals surface area contributed by atoms with Crippen molar-refractivity contribution in [2.24, 2.45) is 0 Å². The van der Waals surface area contributed by atoms with Crippen molar-refractivity contribution >= 4 is 22.9 Å². The summed E-state index contributed by atoms with van der Waals surface area (Å²) >= 11 is 1.65. The van der Waals surface area contributed by atoms with Gasteiger partial charge in [0.2, 0.25) is 0 Å². The number of thiazole rings is 1. The molecule has 2 N–H and O–H groups in total. The highest BCUT2D eigenvalue weighted by Gasteiger charge is 2.06. The first-order valence-electron chi connectivity index (χ1n) is 6.07. The van der Waals surface area contributed by atoms with Crippen molar-refractivity contribution in [2.75, 3.05) is 12.4 Å². The first-order valence-corrected chi connectivity index (χ1v) is 6.95. The first kappa shape index (κ1) is 13.5. The summed E-state index contributed by atoms with van der Waals surface area (Å²) in [5.74, 6) is -0.0621. The van der Waals surface area contributed by atoms with E-state index in [9.17, 15) is 4.79 Å². The molecule has 2 aromatic rings. The standard InChI is InChI=1S/C14H17N3OS/c1-9-6-11(14(18)15-3)4-5-12(9)16-7-13-10(2)17-8-19-13/h4-6,8,16H,7H2,1-3H3,(H,15,18). The summed E-state index contributed by atoms with van der Waals surface area (Å²) in [6, 6.07) is 5.66. The fourth-order valence-corrected chi connectivity index (χ4v) is 2.54. The Labute approximate surface area is 116 Å². The molecule has 1 heterocycles. The van der Waals surface area contributed by atoms with Gasteiger partial charge in [0.15, 0.2) is 0 Å². The molecule has 1 aromatic heterocycles. The van der Waals surface area contributed by atoms with Crippen LogP contribution >= 0.6 is 11.3 Å². The van der Waals surface area contributed by atoms with Crippen LogP contribution in [0.4, 0.5) is 5.69 Å². The number of hydrogen-bond donors (Lipinski definition) is 2. The maximum Gasteiger partial charge on any atom is 0.251 e. The van der Waals surface area contributed by atoms with Crippen molar-refractivity contribution in [1.29, 1.82) is 0 Å². The normalized spacial score (nSPS) is 10.3. The van der Waals surface area contributed by atoms with Crippen molar-refractivity contribution in [3.8, 4) is 0 Å². The van der Waals surface area contributed by atoms with Gasteiger partial charge >= 0.3 is 0 Å². The number of rotatable bonds is 4. The lowest BCUT2D eigenvalue weighted by Crippen LogP contribution is -2.17. The molecular formula is C14H17N3OS. The number of carbonyl (C=O) groups excluding carboxylic acids is 1. The Bertz CT molecular complexity index is 592. The van der Waals surface area contributed by atoms with Gasteiger partial charge in [-0.05, 0) is 37.6 Å². The molecule has 0 radical (unpaired) electrons. The average molecular weight is 275 g/mol. The van der Waals surface area contributed by atoms with Crippen LogP contribution in [0, 0.1) is 13.8 Å². The van der Waals surface area contributed by atoms with Crippen molar-refractivity contribution in [3.63, 3.8) is 0 Å². The van der Waals surface area contributed by atoms with E-state index in [0.717, 1.165) is 23.5 Å². The molecular weight excluding hydrogens is 258 g/mol. The molecule has 2 rings (SSSR count). The van der Waals surface area contributed by atoms with E-state index in [1.807, 2.05) is 37.6 Å². The van der Waals surface area contributed by atoms with Gasteiger partial charge in [-0.2, -0.15) is 0 Å². The van der Waals surface area contributed by atoms with Crippen LogP contribution in [-0.4, -0.2) is 17.9 Å². The molecule has 0 bridgehead atoms. The quantitative estimate of drug-likeness (QED) is 0.902. The molecule has 1 amide bonds. The van der Waals surface area contributed by atoms with E-state index < -0.39 is 0 Å². The molecule has 0 spiro atoms. The number of amides is 1. The zero-order valence-electron chi connectivity index (χ0n) is 11.3. The Morgan fingerprint density at radius 2 is 2.16 bits per heavy atom. The summed E-state index contributed by atoms with van der Waals surface area (Å²) in [4.78, 5) is 17.0. The molecule has 0 saturated carbocycles. The number of carbonyl (C=O) groups is 1. The fraction of sp³-hybridized carbons (Fsp3) is 0.286. The van der Waals surface area contributed by atoms with Crippen LogP contribution in [0.1, 0.15) is 26.5 Å². The van der Waals surface area contributed by atoms with Crippen LogP contribution < -0.4 is 10.6 Å². The highest BCUT2D eigenvalue weighted by molar-refractivity contribution is 7.09. The summed E-state index contributed by atoms with van der Waals surface area (Å²) in [5.41, 5.74) is 5.70. The Kier molecular flexibility index (Phi) is 4.16. The van der Waals surface area contributed by atoms with E-state index in [1.54, 1.807) is 18.4 Å². The largest absolute Gasteiger partial charge is 0.380 e. The number of anilines is 1. The lowest BCUT2D eigenvalue weighted by molar-refractivity contribution is 0.0963. The Morgan fingerprint density at radius 3 is 2.74 bits per heavy atom. The lowest BCUT2D eigenvalue weighted by atomic mass is 10.1. The van der Waals surface area contributed by atoms with Gasteiger partial charge in [-0.1, -0.05) is 0 Å². The molecule has 0 aliphatic rings. The molecule has 0 atom stereocenters. The van der Waals surface area contributed by atoms with Gasteiger partial charge in [0, 0.05) is 23.2 Å². The molecule has 0 aliphatic carbocycles. The number of benzene rings is 1. The predicted molar refractivity (Wildman–Crippen MR) is 78.7 cm³/mol. The van der Waals surface area contributed by atoms with Gasteiger partial charge in [0.25, 0.3) is 5.91 Å². The molecule has 100 valence electrons. The molecule has 0 fully saturated rings. The predicted octanol–water partition coefficient (Wildman–Crippen LogP) is 2.73. The second-order valence-corrected chi connectivity index (χ2v) is 5.26. The highest BCUT2D eigenvalue weighted by atomic mass is 32.1. The molecule has 0 aliphatic heterocycles. The Morgan fingerprint density at radius 1 is 1.37 bits per heavy atom. The molecule has 4 nitrogen and oxygen atoms in total. The van der Waals surface area contributed by atoms with E-state index in [-0.39, 0.29) is 5.91 Å². The van der Waals surface area contributed by atoms with Crippen molar-refractivity contribution in [2.45, 2.75) is 20.4 Å². The molecule has 0 saturated heterocycles. The van der Waals surface area contributed by atoms with Crippen LogP contribution in [0.5, 0.6) is 0 Å². The van der Waals surface area contributed by atoms with E-state index in [1.165, 1.54) is 4.88 Å². The van der Waals surface area contributed by atoms with E-state index in [2.05, 4.69) is 15.6 Å². The van der Waals surface area contributed by atoms with E-state index in [0.29, 0.717) is 5.56 Å². The number of nitrogens with one attached hydrogen (secondary N) is 2. The summed E-state index contributed by atoms with van der Waals surface area (Å²) < 4.78 is 0. The lowest BCUT2D eigenvalue weighted by Gasteiger charge is -2.10. The van der Waals surface area contributed by atoms with Crippen molar-refractivity contribution in [3.05, 3.63) is 45.4 Å². The topological polar surface area (TPSA) is 54.0 Å². The first-order chi connectivity index (χ1) is 9.11. The molecule has 1 aromatic carbocycles. The Hall–Kier alpha value is -1.88. The second kappa shape index (κ2) is 5.84. The van der Waals surface area contributed by atoms with Crippen LogP contribution in [0.15, 0.2) is 23.7 Å². The third-order valence-electron chi connectivity index (χ3n) is 3.00. The molecule has 19 heavy (non-hydrogen) atoms. The summed E-state index contributed by atoms with van der Waals surface area (Å²) in [6.07, 6.45) is 0. The van der Waals surface area contributed by atoms with Crippen LogP contribution in [0.3, 0.4) is 0 Å². The average Bonchev–Trinajstić information content (AvgIpc) is 2.82. The fourth-order valence-electron chi connectivity index (χ4n) is 1.82. The second-order valence-electron chi connectivity index (χ2n) is 4.32. The summed E-state index contributed by atoms with van der Waals surface area (Å²) in [5, 5.41) is 6.00. The smallest absolute Gasteiger partial charge is 0.251 e. The van der Waals surface area contributed by atoms with Gasteiger partial charge < -0.3 is 10.6 Å². The number of hydrogen-bond acceptors (Lipinski definition) is 4. The SMILES string of the molecule is CNC(=O)c1ccc(NCc2scnc2C)c(C)c1. The van der Waals surface area contributed by atoms with Gasteiger partial charge in [-0.3, -0.25) is 4.79 Å². The van der Waals surface area contributed by atoms with E-state index in [4.69, 9.17) is 0 Å². The highest BCUT2D eigenvalue weighted by Crippen LogP contribution is 2.19.